The largest absolute Gasteiger partial charge is 0.505 e. The molecule has 1 unspecified atom stereocenters. The van der Waals surface area contributed by atoms with Gasteiger partial charge >= 0.3 is 0 Å². The van der Waals surface area contributed by atoms with Crippen molar-refractivity contribution in [2.24, 2.45) is 0 Å². The van der Waals surface area contributed by atoms with E-state index in [1.54, 1.807) is 30.6 Å². The van der Waals surface area contributed by atoms with Crippen molar-refractivity contribution in [2.45, 2.75) is 13.0 Å². The van der Waals surface area contributed by atoms with E-state index in [1.807, 2.05) is 12.1 Å². The molecule has 1 amide bonds. The number of morpholine rings is 1. The Labute approximate surface area is 173 Å². The molecule has 150 valence electrons. The van der Waals surface area contributed by atoms with Gasteiger partial charge in [0.05, 0.1) is 24.3 Å². The van der Waals surface area contributed by atoms with Crippen LogP contribution in [0.25, 0.3) is 10.9 Å². The monoisotopic (exact) mass is 412 g/mol. The molecule has 1 aliphatic rings. The molecule has 0 aliphatic carbocycles. The average molecular weight is 413 g/mol. The van der Waals surface area contributed by atoms with Crippen LogP contribution in [0.15, 0.2) is 42.7 Å². The number of hydrogen-bond donors (Lipinski definition) is 2. The molecule has 0 saturated carbocycles. The zero-order chi connectivity index (χ0) is 20.4. The van der Waals surface area contributed by atoms with E-state index >= 15 is 0 Å². The maximum absolute atomic E-state index is 11.9. The van der Waals surface area contributed by atoms with E-state index in [-0.39, 0.29) is 11.7 Å². The van der Waals surface area contributed by atoms with Crippen molar-refractivity contribution >= 4 is 34.2 Å². The fourth-order valence-electron chi connectivity index (χ4n) is 3.52. The second kappa shape index (κ2) is 8.23. The highest BCUT2D eigenvalue weighted by molar-refractivity contribution is 6.35. The number of ether oxygens (including phenoxy) is 1. The van der Waals surface area contributed by atoms with Crippen molar-refractivity contribution < 1.29 is 14.6 Å². The van der Waals surface area contributed by atoms with Gasteiger partial charge in [0.15, 0.2) is 0 Å². The van der Waals surface area contributed by atoms with Gasteiger partial charge in [-0.15, -0.1) is 0 Å². The number of phenolic OH excluding ortho intramolecular Hbond substituents is 1. The molecule has 1 fully saturated rings. The molecule has 4 rings (SSSR count). The van der Waals surface area contributed by atoms with Gasteiger partial charge in [-0.25, -0.2) is 4.98 Å². The molecule has 1 saturated heterocycles. The van der Waals surface area contributed by atoms with Crippen LogP contribution in [0.2, 0.25) is 5.02 Å². The molecule has 1 atom stereocenters. The topological polar surface area (TPSA) is 87.6 Å². The molecule has 3 heterocycles. The number of carbonyl (C=O) groups is 1. The highest BCUT2D eigenvalue weighted by Gasteiger charge is 2.23. The SMILES string of the molecule is CC(=O)NC(c1ccc(N2CCOCC2)nc1)c1cc(Cl)c2cccnc2c1O. The first-order valence-electron chi connectivity index (χ1n) is 9.36. The Hall–Kier alpha value is -2.90. The number of amides is 1. The summed E-state index contributed by atoms with van der Waals surface area (Å²) in [5, 5.41) is 14.9. The second-order valence-electron chi connectivity index (χ2n) is 6.88. The zero-order valence-electron chi connectivity index (χ0n) is 15.9. The Kier molecular flexibility index (Phi) is 5.51. The van der Waals surface area contributed by atoms with E-state index in [0.717, 1.165) is 24.5 Å². The number of benzene rings is 1. The Morgan fingerprint density at radius 3 is 2.76 bits per heavy atom. The molecule has 2 aromatic heterocycles. The fraction of sp³-hybridized carbons (Fsp3) is 0.286. The summed E-state index contributed by atoms with van der Waals surface area (Å²) in [5.41, 5.74) is 1.60. The predicted molar refractivity (Wildman–Crippen MR) is 111 cm³/mol. The maximum atomic E-state index is 11.9. The minimum Gasteiger partial charge on any atom is -0.505 e. The smallest absolute Gasteiger partial charge is 0.217 e. The third-order valence-corrected chi connectivity index (χ3v) is 5.26. The van der Waals surface area contributed by atoms with Gasteiger partial charge in [0.2, 0.25) is 5.91 Å². The van der Waals surface area contributed by atoms with E-state index in [1.165, 1.54) is 6.92 Å². The van der Waals surface area contributed by atoms with Crippen LogP contribution in [0.1, 0.15) is 24.1 Å². The third-order valence-electron chi connectivity index (χ3n) is 4.94. The van der Waals surface area contributed by atoms with Gasteiger partial charge in [-0.1, -0.05) is 17.7 Å². The number of anilines is 1. The van der Waals surface area contributed by atoms with Crippen molar-refractivity contribution in [1.82, 2.24) is 15.3 Å². The minimum absolute atomic E-state index is 0.0130. The number of carbonyl (C=O) groups excluding carboxylic acids is 1. The highest BCUT2D eigenvalue weighted by atomic mass is 35.5. The Morgan fingerprint density at radius 2 is 2.07 bits per heavy atom. The molecule has 1 aliphatic heterocycles. The summed E-state index contributed by atoms with van der Waals surface area (Å²) in [6.07, 6.45) is 3.30. The van der Waals surface area contributed by atoms with E-state index < -0.39 is 6.04 Å². The first kappa shape index (κ1) is 19.4. The normalized spacial score (nSPS) is 15.3. The lowest BCUT2D eigenvalue weighted by atomic mass is 9.97. The lowest BCUT2D eigenvalue weighted by Gasteiger charge is -2.28. The number of nitrogens with zero attached hydrogens (tertiary/aromatic N) is 3. The van der Waals surface area contributed by atoms with E-state index in [0.29, 0.717) is 34.7 Å². The Balaban J connectivity index is 1.74. The van der Waals surface area contributed by atoms with Crippen LogP contribution < -0.4 is 10.2 Å². The third kappa shape index (κ3) is 3.97. The van der Waals surface area contributed by atoms with Crippen molar-refractivity contribution in [1.29, 1.82) is 0 Å². The van der Waals surface area contributed by atoms with E-state index in [4.69, 9.17) is 16.3 Å². The van der Waals surface area contributed by atoms with Crippen LogP contribution in [0.5, 0.6) is 5.75 Å². The van der Waals surface area contributed by atoms with E-state index in [2.05, 4.69) is 20.2 Å². The molecule has 0 bridgehead atoms. The summed E-state index contributed by atoms with van der Waals surface area (Å²) in [5.74, 6) is 0.603. The fourth-order valence-corrected chi connectivity index (χ4v) is 3.79. The van der Waals surface area contributed by atoms with Gasteiger partial charge < -0.3 is 20.1 Å². The van der Waals surface area contributed by atoms with Crippen LogP contribution in [0.3, 0.4) is 0 Å². The van der Waals surface area contributed by atoms with Gasteiger partial charge in [0, 0.05) is 43.4 Å². The lowest BCUT2D eigenvalue weighted by Crippen LogP contribution is -2.36. The van der Waals surface area contributed by atoms with Gasteiger partial charge in [-0.2, -0.15) is 0 Å². The first-order valence-corrected chi connectivity index (χ1v) is 9.74. The number of aromatic hydroxyl groups is 1. The summed E-state index contributed by atoms with van der Waals surface area (Å²) in [6, 6.07) is 8.41. The Morgan fingerprint density at radius 1 is 1.28 bits per heavy atom. The van der Waals surface area contributed by atoms with Gasteiger partial charge in [-0.3, -0.25) is 9.78 Å². The molecule has 8 heteroatoms. The van der Waals surface area contributed by atoms with Gasteiger partial charge in [0.25, 0.3) is 0 Å². The quantitative estimate of drug-likeness (QED) is 0.684. The number of phenols is 1. The standard InChI is InChI=1S/C21H21ClN4O3/c1-13(27)25-19(14-4-5-18(24-12-14)26-7-9-29-10-8-26)16-11-17(22)15-3-2-6-23-20(15)21(16)28/h2-6,11-12,19,28H,7-10H2,1H3,(H,25,27). The van der Waals surface area contributed by atoms with E-state index in [9.17, 15) is 9.90 Å². The van der Waals surface area contributed by atoms with Crippen molar-refractivity contribution in [3.63, 3.8) is 0 Å². The molecule has 7 nitrogen and oxygen atoms in total. The van der Waals surface area contributed by atoms with Gasteiger partial charge in [-0.05, 0) is 29.8 Å². The predicted octanol–water partition coefficient (Wildman–Crippen LogP) is 3.05. The van der Waals surface area contributed by atoms with Crippen molar-refractivity contribution in [2.75, 3.05) is 31.2 Å². The molecule has 29 heavy (non-hydrogen) atoms. The minimum atomic E-state index is -0.609. The summed E-state index contributed by atoms with van der Waals surface area (Å²) in [4.78, 5) is 22.8. The van der Waals surface area contributed by atoms with Crippen molar-refractivity contribution in [3.8, 4) is 5.75 Å². The average Bonchev–Trinajstić information content (AvgIpc) is 2.75. The lowest BCUT2D eigenvalue weighted by molar-refractivity contribution is -0.119. The molecule has 0 spiro atoms. The number of halogens is 1. The summed E-state index contributed by atoms with van der Waals surface area (Å²) in [7, 11) is 0. The maximum Gasteiger partial charge on any atom is 0.217 e. The van der Waals surface area contributed by atoms with Crippen LogP contribution >= 0.6 is 11.6 Å². The molecular formula is C21H21ClN4O3. The first-order chi connectivity index (χ1) is 14.0. The Bertz CT molecular complexity index is 1040. The van der Waals surface area contributed by atoms with Crippen LogP contribution in [-0.4, -0.2) is 47.3 Å². The van der Waals surface area contributed by atoms with Crippen molar-refractivity contribution in [3.05, 3.63) is 58.9 Å². The molecular weight excluding hydrogens is 392 g/mol. The summed E-state index contributed by atoms with van der Waals surface area (Å²) < 4.78 is 5.38. The summed E-state index contributed by atoms with van der Waals surface area (Å²) in [6.45, 7) is 4.35. The molecule has 3 aromatic rings. The number of aromatic nitrogens is 2. The number of pyridine rings is 2. The number of hydrogen-bond acceptors (Lipinski definition) is 6. The molecule has 1 aromatic carbocycles. The number of nitrogens with one attached hydrogen (secondary N) is 1. The second-order valence-corrected chi connectivity index (χ2v) is 7.29. The number of fused-ring (bicyclic) bond motifs is 1. The number of rotatable bonds is 4. The van der Waals surface area contributed by atoms with Crippen LogP contribution in [0.4, 0.5) is 5.82 Å². The molecule has 2 N–H and O–H groups in total. The highest BCUT2D eigenvalue weighted by Crippen LogP contribution is 2.38. The van der Waals surface area contributed by atoms with Crippen LogP contribution in [-0.2, 0) is 9.53 Å². The zero-order valence-corrected chi connectivity index (χ0v) is 16.7. The summed E-state index contributed by atoms with van der Waals surface area (Å²) >= 11 is 6.43. The molecule has 0 radical (unpaired) electrons. The van der Waals surface area contributed by atoms with Crippen LogP contribution in [0, 0.1) is 0 Å². The van der Waals surface area contributed by atoms with Gasteiger partial charge in [0.1, 0.15) is 17.1 Å².